The van der Waals surface area contributed by atoms with Gasteiger partial charge < -0.3 is 0 Å². The molecular formula is C13H15N3O3. The van der Waals surface area contributed by atoms with Crippen molar-refractivity contribution in [2.24, 2.45) is 5.84 Å². The van der Waals surface area contributed by atoms with Crippen molar-refractivity contribution in [1.82, 2.24) is 10.3 Å². The minimum Gasteiger partial charge on any atom is -0.290 e. The summed E-state index contributed by atoms with van der Waals surface area (Å²) in [7, 11) is 0. The van der Waals surface area contributed by atoms with Crippen molar-refractivity contribution in [2.45, 2.75) is 25.8 Å². The molecule has 0 aromatic heterocycles. The number of hydrazine groups is 1. The number of carbonyl (C=O) groups is 3. The third-order valence-electron chi connectivity index (χ3n) is 3.10. The molecule has 1 heterocycles. The highest BCUT2D eigenvalue weighted by atomic mass is 16.2. The molecule has 100 valence electrons. The van der Waals surface area contributed by atoms with Crippen LogP contribution in [0.5, 0.6) is 0 Å². The first-order chi connectivity index (χ1) is 9.13. The molecule has 6 heteroatoms. The molecule has 0 unspecified atom stereocenters. The number of nitrogens with one attached hydrogen (secondary N) is 1. The van der Waals surface area contributed by atoms with Gasteiger partial charge in [0.25, 0.3) is 5.91 Å². The van der Waals surface area contributed by atoms with Crippen LogP contribution in [0.3, 0.4) is 0 Å². The number of carbonyl (C=O) groups excluding carboxylic acids is 3. The lowest BCUT2D eigenvalue weighted by Crippen LogP contribution is -2.40. The minimum absolute atomic E-state index is 0.112. The van der Waals surface area contributed by atoms with Crippen LogP contribution in [0.15, 0.2) is 24.3 Å². The topological polar surface area (TPSA) is 92.5 Å². The van der Waals surface area contributed by atoms with Crippen LogP contribution >= 0.6 is 0 Å². The normalized spacial score (nSPS) is 15.5. The summed E-state index contributed by atoms with van der Waals surface area (Å²) in [6, 6.07) is 6.77. The second kappa shape index (κ2) is 5.62. The number of imide groups is 1. The summed E-state index contributed by atoms with van der Waals surface area (Å²) in [6.45, 7) is 0.112. The molecule has 1 saturated heterocycles. The van der Waals surface area contributed by atoms with Crippen molar-refractivity contribution in [2.75, 3.05) is 0 Å². The van der Waals surface area contributed by atoms with Crippen LogP contribution in [-0.2, 0) is 16.1 Å². The fraction of sp³-hybridized carbons (Fsp3) is 0.308. The molecule has 6 nitrogen and oxygen atoms in total. The molecule has 19 heavy (non-hydrogen) atoms. The third kappa shape index (κ3) is 2.79. The molecule has 2 rings (SSSR count). The highest BCUT2D eigenvalue weighted by Crippen LogP contribution is 2.18. The zero-order valence-corrected chi connectivity index (χ0v) is 10.4. The van der Waals surface area contributed by atoms with Gasteiger partial charge >= 0.3 is 0 Å². The van der Waals surface area contributed by atoms with E-state index < -0.39 is 5.91 Å². The fourth-order valence-electron chi connectivity index (χ4n) is 2.10. The number of nitrogens with zero attached hydrogens (tertiary/aromatic N) is 1. The van der Waals surface area contributed by atoms with Crippen molar-refractivity contribution in [3.8, 4) is 0 Å². The molecule has 3 amide bonds. The predicted octanol–water partition coefficient (Wildman–Crippen LogP) is 0.329. The number of nitrogens with two attached hydrogens (primary N) is 1. The number of nitrogen functional groups attached to an aromatic ring is 1. The van der Waals surface area contributed by atoms with Crippen molar-refractivity contribution in [3.63, 3.8) is 0 Å². The van der Waals surface area contributed by atoms with Gasteiger partial charge in [0.2, 0.25) is 11.8 Å². The molecule has 0 atom stereocenters. The van der Waals surface area contributed by atoms with Crippen molar-refractivity contribution >= 4 is 17.7 Å². The van der Waals surface area contributed by atoms with Crippen LogP contribution in [-0.4, -0.2) is 22.6 Å². The van der Waals surface area contributed by atoms with Gasteiger partial charge in [0.1, 0.15) is 0 Å². The van der Waals surface area contributed by atoms with E-state index in [-0.39, 0.29) is 18.4 Å². The van der Waals surface area contributed by atoms with E-state index in [1.165, 1.54) is 4.90 Å². The summed E-state index contributed by atoms with van der Waals surface area (Å²) in [5, 5.41) is 0. The number of benzene rings is 1. The average Bonchev–Trinajstić information content (AvgIpc) is 2.42. The lowest BCUT2D eigenvalue weighted by molar-refractivity contribution is -0.148. The van der Waals surface area contributed by atoms with Crippen LogP contribution in [0.25, 0.3) is 0 Å². The molecule has 0 aliphatic carbocycles. The first-order valence-electron chi connectivity index (χ1n) is 6.05. The molecule has 1 aliphatic heterocycles. The number of amides is 3. The molecule has 0 bridgehead atoms. The molecule has 0 radical (unpaired) electrons. The third-order valence-corrected chi connectivity index (χ3v) is 3.10. The second-order valence-electron chi connectivity index (χ2n) is 4.36. The first-order valence-corrected chi connectivity index (χ1v) is 6.05. The van der Waals surface area contributed by atoms with Crippen LogP contribution < -0.4 is 11.3 Å². The summed E-state index contributed by atoms with van der Waals surface area (Å²) in [4.78, 5) is 36.3. The molecule has 1 aromatic rings. The van der Waals surface area contributed by atoms with Crippen LogP contribution in [0, 0.1) is 0 Å². The van der Waals surface area contributed by atoms with Gasteiger partial charge in [-0.05, 0) is 18.1 Å². The molecule has 0 spiro atoms. The largest absolute Gasteiger partial charge is 0.290 e. The maximum atomic E-state index is 11.7. The maximum absolute atomic E-state index is 11.7. The fourth-order valence-corrected chi connectivity index (χ4v) is 2.10. The minimum atomic E-state index is -0.437. The summed E-state index contributed by atoms with van der Waals surface area (Å²) >= 11 is 0. The summed E-state index contributed by atoms with van der Waals surface area (Å²) in [6.07, 6.45) is 1.34. The van der Waals surface area contributed by atoms with E-state index in [0.29, 0.717) is 30.4 Å². The van der Waals surface area contributed by atoms with Gasteiger partial charge in [-0.1, -0.05) is 18.2 Å². The lowest BCUT2D eigenvalue weighted by Gasteiger charge is -2.25. The predicted molar refractivity (Wildman–Crippen MR) is 67.5 cm³/mol. The number of piperidine rings is 1. The summed E-state index contributed by atoms with van der Waals surface area (Å²) in [5.41, 5.74) is 3.03. The first kappa shape index (κ1) is 13.2. The van der Waals surface area contributed by atoms with E-state index in [1.54, 1.807) is 24.3 Å². The van der Waals surface area contributed by atoms with E-state index in [9.17, 15) is 14.4 Å². The quantitative estimate of drug-likeness (QED) is 0.355. The van der Waals surface area contributed by atoms with Crippen molar-refractivity contribution < 1.29 is 14.4 Å². The summed E-state index contributed by atoms with van der Waals surface area (Å²) < 4.78 is 0. The van der Waals surface area contributed by atoms with Gasteiger partial charge in [0, 0.05) is 18.4 Å². The number of hydrogen-bond donors (Lipinski definition) is 2. The van der Waals surface area contributed by atoms with Gasteiger partial charge in [-0.15, -0.1) is 0 Å². The zero-order valence-electron chi connectivity index (χ0n) is 10.4. The van der Waals surface area contributed by atoms with Gasteiger partial charge in [0.05, 0.1) is 6.54 Å². The number of rotatable bonds is 3. The van der Waals surface area contributed by atoms with E-state index in [1.807, 2.05) is 0 Å². The Hall–Kier alpha value is -2.21. The Bertz CT molecular complexity index is 512. The molecule has 0 saturated carbocycles. The molecule has 1 aliphatic rings. The van der Waals surface area contributed by atoms with E-state index in [0.717, 1.165) is 0 Å². The standard InChI is InChI=1S/C13H15N3O3/c14-15-13(19)10-5-2-1-4-9(10)8-16-11(17)6-3-7-12(16)18/h1-2,4-5H,3,6-8,14H2,(H,15,19). The maximum Gasteiger partial charge on any atom is 0.265 e. The van der Waals surface area contributed by atoms with Crippen molar-refractivity contribution in [1.29, 1.82) is 0 Å². The Morgan fingerprint density at radius 2 is 1.84 bits per heavy atom. The van der Waals surface area contributed by atoms with Crippen LogP contribution in [0.2, 0.25) is 0 Å². The van der Waals surface area contributed by atoms with E-state index in [2.05, 4.69) is 5.43 Å². The van der Waals surface area contributed by atoms with Gasteiger partial charge in [-0.3, -0.25) is 24.7 Å². The Morgan fingerprint density at radius 3 is 2.47 bits per heavy atom. The average molecular weight is 261 g/mol. The Morgan fingerprint density at radius 1 is 1.21 bits per heavy atom. The molecule has 1 fully saturated rings. The highest BCUT2D eigenvalue weighted by Gasteiger charge is 2.26. The summed E-state index contributed by atoms with van der Waals surface area (Å²) in [5.74, 6) is 4.29. The van der Waals surface area contributed by atoms with Gasteiger partial charge in [0.15, 0.2) is 0 Å². The number of likely N-dealkylation sites (tertiary alicyclic amines) is 1. The van der Waals surface area contributed by atoms with Gasteiger partial charge in [-0.2, -0.15) is 0 Å². The lowest BCUT2D eigenvalue weighted by atomic mass is 10.0. The monoisotopic (exact) mass is 261 g/mol. The molecule has 3 N–H and O–H groups in total. The van der Waals surface area contributed by atoms with Crippen molar-refractivity contribution in [3.05, 3.63) is 35.4 Å². The zero-order chi connectivity index (χ0) is 13.8. The number of hydrogen-bond acceptors (Lipinski definition) is 4. The smallest absolute Gasteiger partial charge is 0.265 e. The Labute approximate surface area is 110 Å². The van der Waals surface area contributed by atoms with E-state index in [4.69, 9.17) is 5.84 Å². The Kier molecular flexibility index (Phi) is 3.91. The Balaban J connectivity index is 2.25. The van der Waals surface area contributed by atoms with Gasteiger partial charge in [-0.25, -0.2) is 5.84 Å². The SMILES string of the molecule is NNC(=O)c1ccccc1CN1C(=O)CCCC1=O. The molecule has 1 aromatic carbocycles. The second-order valence-corrected chi connectivity index (χ2v) is 4.36. The van der Waals surface area contributed by atoms with Crippen LogP contribution in [0.4, 0.5) is 0 Å². The highest BCUT2D eigenvalue weighted by molar-refractivity contribution is 5.98. The van der Waals surface area contributed by atoms with E-state index >= 15 is 0 Å². The molecular weight excluding hydrogens is 246 g/mol. The van der Waals surface area contributed by atoms with Crippen LogP contribution in [0.1, 0.15) is 35.2 Å².